The molecular weight excluding hydrogens is 391 g/mol. The Balaban J connectivity index is 1.43. The summed E-state index contributed by atoms with van der Waals surface area (Å²) in [5.74, 6) is 0.113. The molecule has 1 aliphatic rings. The molecule has 2 heterocycles. The number of carbonyl (C=O) groups excluding carboxylic acids is 1. The maximum atomic E-state index is 12.7. The Kier molecular flexibility index (Phi) is 4.83. The Morgan fingerprint density at radius 1 is 1.10 bits per heavy atom. The second-order valence-corrected chi connectivity index (χ2v) is 6.20. The minimum Gasteiger partial charge on any atom is -0.481 e. The van der Waals surface area contributed by atoms with Gasteiger partial charge in [0.05, 0.1) is 0 Å². The van der Waals surface area contributed by atoms with E-state index in [9.17, 15) is 18.0 Å². The fraction of sp³-hybridized carbons (Fsp3) is 0.211. The molecule has 1 amide bonds. The van der Waals surface area contributed by atoms with Crippen LogP contribution in [0.5, 0.6) is 11.5 Å². The Labute approximate surface area is 162 Å². The number of benzene rings is 2. The van der Waals surface area contributed by atoms with Crippen LogP contribution in [0.15, 0.2) is 59.3 Å². The number of hydrogen-bond donors (Lipinski definition) is 0. The van der Waals surface area contributed by atoms with Crippen LogP contribution in [0.4, 0.5) is 18.9 Å². The van der Waals surface area contributed by atoms with Crippen molar-refractivity contribution in [2.24, 2.45) is 0 Å². The average molecular weight is 405 g/mol. The Bertz CT molecular complexity index is 991. The number of anilines is 1. The highest BCUT2D eigenvalue weighted by atomic mass is 19.4. The van der Waals surface area contributed by atoms with E-state index in [-0.39, 0.29) is 11.7 Å². The van der Waals surface area contributed by atoms with Crippen molar-refractivity contribution in [3.63, 3.8) is 0 Å². The normalized spacial score (nSPS) is 16.9. The van der Waals surface area contributed by atoms with Crippen molar-refractivity contribution in [3.05, 3.63) is 54.9 Å². The third-order valence-corrected chi connectivity index (χ3v) is 4.26. The minimum atomic E-state index is -4.80. The Morgan fingerprint density at radius 2 is 1.90 bits per heavy atom. The third-order valence-electron chi connectivity index (χ3n) is 4.26. The van der Waals surface area contributed by atoms with Crippen molar-refractivity contribution in [2.45, 2.75) is 18.9 Å². The van der Waals surface area contributed by atoms with Crippen LogP contribution in [-0.2, 0) is 4.79 Å². The van der Waals surface area contributed by atoms with Crippen LogP contribution in [0.25, 0.3) is 11.5 Å². The summed E-state index contributed by atoms with van der Waals surface area (Å²) in [6.45, 7) is 0.318. The Morgan fingerprint density at radius 3 is 2.59 bits per heavy atom. The summed E-state index contributed by atoms with van der Waals surface area (Å²) >= 11 is 0. The standard InChI is InChI=1S/C19H14F3N3O4/c20-19(21,22)29-15-3-1-2-13(10-15)25-9-8-16(18(25)26)28-14-6-4-12(5-7-14)17-24-23-11-27-17/h1-7,10-11,16H,8-9H2/t16-/m1/s1. The number of alkyl halides is 3. The lowest BCUT2D eigenvalue weighted by Gasteiger charge is -2.18. The van der Waals surface area contributed by atoms with Gasteiger partial charge in [-0.2, -0.15) is 0 Å². The summed E-state index contributed by atoms with van der Waals surface area (Å²) in [5.41, 5.74) is 1.02. The van der Waals surface area contributed by atoms with Gasteiger partial charge in [-0.15, -0.1) is 23.4 Å². The molecule has 10 heteroatoms. The lowest BCUT2D eigenvalue weighted by Crippen LogP contribution is -2.32. The topological polar surface area (TPSA) is 77.7 Å². The van der Waals surface area contributed by atoms with Gasteiger partial charge >= 0.3 is 6.36 Å². The molecule has 3 aromatic rings. The second kappa shape index (κ2) is 7.46. The molecule has 150 valence electrons. The van der Waals surface area contributed by atoms with E-state index in [0.717, 1.165) is 0 Å². The summed E-state index contributed by atoms with van der Waals surface area (Å²) < 4.78 is 52.0. The number of amides is 1. The first kappa shape index (κ1) is 18.8. The van der Waals surface area contributed by atoms with Crippen molar-refractivity contribution >= 4 is 11.6 Å². The van der Waals surface area contributed by atoms with Crippen LogP contribution in [0.2, 0.25) is 0 Å². The molecule has 1 aliphatic heterocycles. The maximum Gasteiger partial charge on any atom is 0.573 e. The van der Waals surface area contributed by atoms with E-state index in [0.29, 0.717) is 35.9 Å². The third kappa shape index (κ3) is 4.31. The monoisotopic (exact) mass is 405 g/mol. The number of carbonyl (C=O) groups is 1. The molecule has 2 aromatic carbocycles. The Hall–Kier alpha value is -3.56. The van der Waals surface area contributed by atoms with Gasteiger partial charge < -0.3 is 18.8 Å². The molecule has 7 nitrogen and oxygen atoms in total. The second-order valence-electron chi connectivity index (χ2n) is 6.20. The van der Waals surface area contributed by atoms with Crippen LogP contribution < -0.4 is 14.4 Å². The zero-order valence-corrected chi connectivity index (χ0v) is 14.8. The van der Waals surface area contributed by atoms with Gasteiger partial charge in [-0.1, -0.05) is 6.07 Å². The van der Waals surface area contributed by atoms with Crippen LogP contribution >= 0.6 is 0 Å². The van der Waals surface area contributed by atoms with Crippen LogP contribution in [0.3, 0.4) is 0 Å². The lowest BCUT2D eigenvalue weighted by molar-refractivity contribution is -0.274. The first-order valence-electron chi connectivity index (χ1n) is 8.59. The van der Waals surface area contributed by atoms with Crippen molar-refractivity contribution in [2.75, 3.05) is 11.4 Å². The summed E-state index contributed by atoms with van der Waals surface area (Å²) in [6.07, 6.45) is -3.92. The smallest absolute Gasteiger partial charge is 0.481 e. The summed E-state index contributed by atoms with van der Waals surface area (Å²) in [6, 6.07) is 12.1. The number of halogens is 3. The number of hydrogen-bond acceptors (Lipinski definition) is 6. The van der Waals surface area contributed by atoms with E-state index < -0.39 is 12.5 Å². The molecule has 0 aliphatic carbocycles. The van der Waals surface area contributed by atoms with Gasteiger partial charge in [0.25, 0.3) is 5.91 Å². The molecule has 0 N–H and O–H groups in total. The number of nitrogens with zero attached hydrogens (tertiary/aromatic N) is 3. The largest absolute Gasteiger partial charge is 0.573 e. The van der Waals surface area contributed by atoms with E-state index in [1.807, 2.05) is 0 Å². The number of ether oxygens (including phenoxy) is 2. The summed E-state index contributed by atoms with van der Waals surface area (Å²) in [4.78, 5) is 14.0. The molecule has 1 atom stereocenters. The van der Waals surface area contributed by atoms with E-state index >= 15 is 0 Å². The molecule has 0 unspecified atom stereocenters. The SMILES string of the molecule is O=C1[C@H](Oc2ccc(-c3nnco3)cc2)CCN1c1cccc(OC(F)(F)F)c1. The van der Waals surface area contributed by atoms with Crippen molar-refractivity contribution in [1.29, 1.82) is 0 Å². The van der Waals surface area contributed by atoms with Crippen molar-refractivity contribution in [3.8, 4) is 23.0 Å². The molecule has 0 bridgehead atoms. The van der Waals surface area contributed by atoms with E-state index in [4.69, 9.17) is 9.15 Å². The first-order chi connectivity index (χ1) is 13.9. The van der Waals surface area contributed by atoms with Gasteiger partial charge in [0.15, 0.2) is 6.10 Å². The van der Waals surface area contributed by atoms with Crippen molar-refractivity contribution < 1.29 is 31.9 Å². The molecule has 0 saturated carbocycles. The van der Waals surface area contributed by atoms with E-state index in [2.05, 4.69) is 14.9 Å². The molecule has 0 spiro atoms. The van der Waals surface area contributed by atoms with Gasteiger partial charge in [-0.3, -0.25) is 4.79 Å². The van der Waals surface area contributed by atoms with Gasteiger partial charge in [-0.05, 0) is 36.4 Å². The molecule has 4 rings (SSSR count). The van der Waals surface area contributed by atoms with Crippen LogP contribution in [0, 0.1) is 0 Å². The van der Waals surface area contributed by atoms with Crippen molar-refractivity contribution in [1.82, 2.24) is 10.2 Å². The molecule has 1 saturated heterocycles. The molecule has 29 heavy (non-hydrogen) atoms. The highest BCUT2D eigenvalue weighted by molar-refractivity contribution is 5.99. The van der Waals surface area contributed by atoms with E-state index in [1.165, 1.54) is 29.5 Å². The van der Waals surface area contributed by atoms with E-state index in [1.54, 1.807) is 30.3 Å². The molecule has 1 fully saturated rings. The first-order valence-corrected chi connectivity index (χ1v) is 8.59. The van der Waals surface area contributed by atoms with Gasteiger partial charge in [-0.25, -0.2) is 0 Å². The highest BCUT2D eigenvalue weighted by Crippen LogP contribution is 2.30. The van der Waals surface area contributed by atoms with Gasteiger partial charge in [0.2, 0.25) is 12.3 Å². The number of aromatic nitrogens is 2. The molecular formula is C19H14F3N3O4. The van der Waals surface area contributed by atoms with Crippen LogP contribution in [-0.4, -0.2) is 35.1 Å². The average Bonchev–Trinajstić information content (AvgIpc) is 3.32. The number of rotatable bonds is 5. The van der Waals surface area contributed by atoms with Crippen LogP contribution in [0.1, 0.15) is 6.42 Å². The lowest BCUT2D eigenvalue weighted by atomic mass is 10.2. The predicted octanol–water partition coefficient (Wildman–Crippen LogP) is 3.82. The van der Waals surface area contributed by atoms with Gasteiger partial charge in [0, 0.05) is 30.3 Å². The molecule has 1 aromatic heterocycles. The fourth-order valence-corrected chi connectivity index (χ4v) is 3.01. The van der Waals surface area contributed by atoms with Gasteiger partial charge in [0.1, 0.15) is 11.5 Å². The minimum absolute atomic E-state index is 0.314. The maximum absolute atomic E-state index is 12.7. The zero-order valence-electron chi connectivity index (χ0n) is 14.8. The summed E-state index contributed by atoms with van der Waals surface area (Å²) in [7, 11) is 0. The predicted molar refractivity (Wildman–Crippen MR) is 94.2 cm³/mol. The zero-order chi connectivity index (χ0) is 20.4. The fourth-order valence-electron chi connectivity index (χ4n) is 3.01. The molecule has 0 radical (unpaired) electrons. The summed E-state index contributed by atoms with van der Waals surface area (Å²) in [5, 5.41) is 7.41. The highest BCUT2D eigenvalue weighted by Gasteiger charge is 2.35. The quantitative estimate of drug-likeness (QED) is 0.642.